The summed E-state index contributed by atoms with van der Waals surface area (Å²) in [6.07, 6.45) is 0. The summed E-state index contributed by atoms with van der Waals surface area (Å²) in [5, 5.41) is 6.10. The van der Waals surface area contributed by atoms with Crippen LogP contribution in [0.4, 0.5) is 10.1 Å². The molecule has 3 aromatic carbocycles. The number of rotatable bonds is 9. The third kappa shape index (κ3) is 7.59. The van der Waals surface area contributed by atoms with Crippen molar-refractivity contribution >= 4 is 24.0 Å². The lowest BCUT2D eigenvalue weighted by molar-refractivity contribution is -0.118. The van der Waals surface area contributed by atoms with Crippen LogP contribution in [0.15, 0.2) is 66.7 Å². The highest BCUT2D eigenvalue weighted by atomic mass is 35.5. The second kappa shape index (κ2) is 11.9. The molecule has 31 heavy (non-hydrogen) atoms. The Hall–Kier alpha value is -3.09. The van der Waals surface area contributed by atoms with Gasteiger partial charge in [0.25, 0.3) is 5.91 Å². The first-order valence-electron chi connectivity index (χ1n) is 9.65. The molecule has 3 rings (SSSR count). The van der Waals surface area contributed by atoms with Crippen LogP contribution in [0, 0.1) is 12.7 Å². The number of hydrogen-bond donors (Lipinski definition) is 2. The molecule has 0 saturated heterocycles. The molecule has 0 saturated carbocycles. The standard InChI is InChI=1S/C24H25FN2O3.ClH/c1-17-3-10-21(11-4-17)27-24(28)16-30-22-12-7-19(13-23(22)29-2)15-26-14-18-5-8-20(25)9-6-18;/h3-13,26H,14-16H2,1-2H3,(H,27,28);1H. The van der Waals surface area contributed by atoms with Crippen LogP contribution in [0.2, 0.25) is 0 Å². The summed E-state index contributed by atoms with van der Waals surface area (Å²) in [6.45, 7) is 3.11. The number of ether oxygens (including phenoxy) is 2. The molecule has 0 aliphatic carbocycles. The SMILES string of the molecule is COc1cc(CNCc2ccc(F)cc2)ccc1OCC(=O)Nc1ccc(C)cc1.Cl. The van der Waals surface area contributed by atoms with E-state index in [2.05, 4.69) is 10.6 Å². The first kappa shape index (κ1) is 24.2. The summed E-state index contributed by atoms with van der Waals surface area (Å²) < 4.78 is 24.0. The molecular weight excluding hydrogens is 419 g/mol. The second-order valence-corrected chi connectivity index (χ2v) is 6.92. The monoisotopic (exact) mass is 444 g/mol. The number of hydrogen-bond acceptors (Lipinski definition) is 4. The van der Waals surface area contributed by atoms with Crippen molar-refractivity contribution in [1.82, 2.24) is 5.32 Å². The van der Waals surface area contributed by atoms with Crippen LogP contribution >= 0.6 is 12.4 Å². The summed E-state index contributed by atoms with van der Waals surface area (Å²) in [7, 11) is 1.56. The van der Waals surface area contributed by atoms with Crippen molar-refractivity contribution in [3.05, 3.63) is 89.2 Å². The largest absolute Gasteiger partial charge is 0.493 e. The topological polar surface area (TPSA) is 59.6 Å². The van der Waals surface area contributed by atoms with Crippen molar-refractivity contribution < 1.29 is 18.7 Å². The van der Waals surface area contributed by atoms with Gasteiger partial charge in [-0.05, 0) is 54.4 Å². The Morgan fingerprint density at radius 3 is 2.23 bits per heavy atom. The van der Waals surface area contributed by atoms with Gasteiger partial charge in [-0.3, -0.25) is 4.79 Å². The van der Waals surface area contributed by atoms with Gasteiger partial charge < -0.3 is 20.1 Å². The smallest absolute Gasteiger partial charge is 0.262 e. The zero-order chi connectivity index (χ0) is 21.3. The van der Waals surface area contributed by atoms with E-state index in [0.717, 1.165) is 22.4 Å². The minimum Gasteiger partial charge on any atom is -0.493 e. The zero-order valence-corrected chi connectivity index (χ0v) is 18.3. The number of methoxy groups -OCH3 is 1. The van der Waals surface area contributed by atoms with Crippen LogP contribution in [0.5, 0.6) is 11.5 Å². The van der Waals surface area contributed by atoms with Gasteiger partial charge >= 0.3 is 0 Å². The number of halogens is 2. The summed E-state index contributed by atoms with van der Waals surface area (Å²) in [4.78, 5) is 12.1. The Morgan fingerprint density at radius 1 is 0.903 bits per heavy atom. The van der Waals surface area contributed by atoms with Crippen LogP contribution in [-0.2, 0) is 17.9 Å². The van der Waals surface area contributed by atoms with Gasteiger partial charge in [-0.2, -0.15) is 0 Å². The molecule has 7 heteroatoms. The second-order valence-electron chi connectivity index (χ2n) is 6.92. The molecule has 0 aliphatic rings. The average molecular weight is 445 g/mol. The third-order valence-electron chi connectivity index (χ3n) is 4.49. The van der Waals surface area contributed by atoms with Crippen LogP contribution in [0.1, 0.15) is 16.7 Å². The number of benzene rings is 3. The highest BCUT2D eigenvalue weighted by Gasteiger charge is 2.09. The van der Waals surface area contributed by atoms with Crippen molar-refractivity contribution in [2.45, 2.75) is 20.0 Å². The zero-order valence-electron chi connectivity index (χ0n) is 17.5. The Balaban J connectivity index is 0.00000341. The van der Waals surface area contributed by atoms with Gasteiger partial charge in [0.2, 0.25) is 0 Å². The predicted octanol–water partition coefficient (Wildman–Crippen LogP) is 4.87. The molecule has 2 N–H and O–H groups in total. The van der Waals surface area contributed by atoms with Gasteiger partial charge in [0.05, 0.1) is 7.11 Å². The third-order valence-corrected chi connectivity index (χ3v) is 4.49. The molecule has 0 aliphatic heterocycles. The Bertz CT molecular complexity index is 979. The maximum absolute atomic E-state index is 13.0. The van der Waals surface area contributed by atoms with E-state index >= 15 is 0 Å². The van der Waals surface area contributed by atoms with Crippen LogP contribution in [0.25, 0.3) is 0 Å². The molecule has 164 valence electrons. The molecule has 0 unspecified atom stereocenters. The number of nitrogens with one attached hydrogen (secondary N) is 2. The number of anilines is 1. The van der Waals surface area contributed by atoms with Crippen molar-refractivity contribution in [1.29, 1.82) is 0 Å². The normalized spacial score (nSPS) is 10.2. The van der Waals surface area contributed by atoms with Gasteiger partial charge in [0.15, 0.2) is 18.1 Å². The van der Waals surface area contributed by atoms with Gasteiger partial charge in [0.1, 0.15) is 5.82 Å². The van der Waals surface area contributed by atoms with Crippen LogP contribution < -0.4 is 20.1 Å². The van der Waals surface area contributed by atoms with Crippen molar-refractivity contribution in [3.63, 3.8) is 0 Å². The number of amides is 1. The minimum absolute atomic E-state index is 0. The highest BCUT2D eigenvalue weighted by Crippen LogP contribution is 2.28. The van der Waals surface area contributed by atoms with Crippen molar-refractivity contribution in [2.75, 3.05) is 19.0 Å². The summed E-state index contributed by atoms with van der Waals surface area (Å²) in [5.41, 5.74) is 3.86. The maximum atomic E-state index is 13.0. The fourth-order valence-electron chi connectivity index (χ4n) is 2.87. The first-order valence-corrected chi connectivity index (χ1v) is 9.65. The summed E-state index contributed by atoms with van der Waals surface area (Å²) in [6, 6.07) is 19.5. The summed E-state index contributed by atoms with van der Waals surface area (Å²) in [5.74, 6) is 0.565. The van der Waals surface area contributed by atoms with Gasteiger partial charge in [-0.1, -0.05) is 35.9 Å². The molecule has 5 nitrogen and oxygen atoms in total. The molecular formula is C24H26ClFN2O3. The molecule has 0 aromatic heterocycles. The fourth-order valence-corrected chi connectivity index (χ4v) is 2.87. The number of aryl methyl sites for hydroxylation is 1. The Kier molecular flexibility index (Phi) is 9.31. The Morgan fingerprint density at radius 2 is 1.55 bits per heavy atom. The fraction of sp³-hybridized carbons (Fsp3) is 0.208. The molecule has 3 aromatic rings. The van der Waals surface area contributed by atoms with Gasteiger partial charge in [0, 0.05) is 18.8 Å². The Labute approximate surface area is 188 Å². The molecule has 0 heterocycles. The van der Waals surface area contributed by atoms with E-state index in [0.29, 0.717) is 24.6 Å². The van der Waals surface area contributed by atoms with E-state index in [9.17, 15) is 9.18 Å². The quantitative estimate of drug-likeness (QED) is 0.494. The van der Waals surface area contributed by atoms with E-state index in [-0.39, 0.29) is 30.7 Å². The maximum Gasteiger partial charge on any atom is 0.262 e. The van der Waals surface area contributed by atoms with Crippen LogP contribution in [0.3, 0.4) is 0 Å². The van der Waals surface area contributed by atoms with E-state index in [1.165, 1.54) is 12.1 Å². The lowest BCUT2D eigenvalue weighted by Gasteiger charge is -2.13. The summed E-state index contributed by atoms with van der Waals surface area (Å²) >= 11 is 0. The van der Waals surface area contributed by atoms with E-state index in [1.54, 1.807) is 25.3 Å². The first-order chi connectivity index (χ1) is 14.5. The number of carbonyl (C=O) groups excluding carboxylic acids is 1. The lowest BCUT2D eigenvalue weighted by atomic mass is 10.2. The average Bonchev–Trinajstić information content (AvgIpc) is 2.75. The lowest BCUT2D eigenvalue weighted by Crippen LogP contribution is -2.20. The van der Waals surface area contributed by atoms with Crippen LogP contribution in [-0.4, -0.2) is 19.6 Å². The molecule has 0 fully saturated rings. The van der Waals surface area contributed by atoms with E-state index in [1.807, 2.05) is 43.3 Å². The molecule has 0 bridgehead atoms. The molecule has 1 amide bonds. The molecule has 0 spiro atoms. The van der Waals surface area contributed by atoms with Crippen molar-refractivity contribution in [2.24, 2.45) is 0 Å². The van der Waals surface area contributed by atoms with E-state index in [4.69, 9.17) is 9.47 Å². The minimum atomic E-state index is -0.244. The predicted molar refractivity (Wildman–Crippen MR) is 122 cm³/mol. The van der Waals surface area contributed by atoms with Crippen molar-refractivity contribution in [3.8, 4) is 11.5 Å². The number of carbonyl (C=O) groups is 1. The highest BCUT2D eigenvalue weighted by molar-refractivity contribution is 5.91. The van der Waals surface area contributed by atoms with E-state index < -0.39 is 0 Å². The van der Waals surface area contributed by atoms with Gasteiger partial charge in [-0.15, -0.1) is 12.4 Å². The molecule has 0 atom stereocenters. The van der Waals surface area contributed by atoms with Gasteiger partial charge in [-0.25, -0.2) is 4.39 Å². The molecule has 0 radical (unpaired) electrons.